The van der Waals surface area contributed by atoms with Gasteiger partial charge >= 0.3 is 11.9 Å². The van der Waals surface area contributed by atoms with Crippen LogP contribution >= 0.6 is 0 Å². The fourth-order valence-electron chi connectivity index (χ4n) is 1.16. The van der Waals surface area contributed by atoms with Gasteiger partial charge in [-0.15, -0.1) is 0 Å². The van der Waals surface area contributed by atoms with Gasteiger partial charge in [0.05, 0.1) is 11.1 Å². The molecule has 19 heavy (non-hydrogen) atoms. The van der Waals surface area contributed by atoms with E-state index < -0.39 is 11.9 Å². The van der Waals surface area contributed by atoms with Gasteiger partial charge in [-0.05, 0) is 24.3 Å². The largest absolute Gasteiger partial charge is 0.478 e. The van der Waals surface area contributed by atoms with E-state index in [9.17, 15) is 9.59 Å². The molecular formula is C14H12BO4. The highest BCUT2D eigenvalue weighted by molar-refractivity contribution is 5.87. The Labute approximate surface area is 112 Å². The van der Waals surface area contributed by atoms with Crippen LogP contribution in [0.3, 0.4) is 0 Å². The lowest BCUT2D eigenvalue weighted by Gasteiger charge is -1.88. The average Bonchev–Trinajstić information content (AvgIpc) is 2.41. The van der Waals surface area contributed by atoms with Crippen LogP contribution in [0.15, 0.2) is 60.7 Å². The molecule has 0 saturated heterocycles. The van der Waals surface area contributed by atoms with Gasteiger partial charge in [-0.3, -0.25) is 0 Å². The summed E-state index contributed by atoms with van der Waals surface area (Å²) in [7, 11) is 0. The Bertz CT molecular complexity index is 462. The van der Waals surface area contributed by atoms with Crippen LogP contribution in [0, 0.1) is 0 Å². The Kier molecular flexibility index (Phi) is 7.38. The molecule has 4 nitrogen and oxygen atoms in total. The lowest BCUT2D eigenvalue weighted by atomic mass is 10.2. The van der Waals surface area contributed by atoms with E-state index in [1.807, 2.05) is 0 Å². The van der Waals surface area contributed by atoms with Crippen molar-refractivity contribution < 1.29 is 19.8 Å². The quantitative estimate of drug-likeness (QED) is 0.808. The topological polar surface area (TPSA) is 74.6 Å². The molecule has 0 saturated carbocycles. The third-order valence-corrected chi connectivity index (χ3v) is 2.04. The van der Waals surface area contributed by atoms with Gasteiger partial charge in [0, 0.05) is 8.41 Å². The lowest BCUT2D eigenvalue weighted by Crippen LogP contribution is -1.93. The van der Waals surface area contributed by atoms with E-state index in [1.165, 1.54) is 0 Å². The monoisotopic (exact) mass is 255 g/mol. The predicted octanol–water partition coefficient (Wildman–Crippen LogP) is 2.39. The molecule has 0 fully saturated rings. The summed E-state index contributed by atoms with van der Waals surface area (Å²) in [4.78, 5) is 20.4. The highest BCUT2D eigenvalue weighted by atomic mass is 16.4. The van der Waals surface area contributed by atoms with Crippen molar-refractivity contribution >= 4 is 20.4 Å². The van der Waals surface area contributed by atoms with Gasteiger partial charge in [-0.25, -0.2) is 9.59 Å². The first-order valence-electron chi connectivity index (χ1n) is 5.18. The van der Waals surface area contributed by atoms with Crippen molar-refractivity contribution in [2.24, 2.45) is 0 Å². The van der Waals surface area contributed by atoms with Crippen molar-refractivity contribution in [3.63, 3.8) is 0 Å². The van der Waals surface area contributed by atoms with E-state index in [0.29, 0.717) is 11.1 Å². The molecule has 0 aliphatic rings. The second-order valence-electron chi connectivity index (χ2n) is 3.34. The number of carboxylic acids is 2. The minimum absolute atomic E-state index is 0. The third-order valence-electron chi connectivity index (χ3n) is 2.04. The van der Waals surface area contributed by atoms with Crippen LogP contribution in [-0.4, -0.2) is 30.6 Å². The van der Waals surface area contributed by atoms with Crippen molar-refractivity contribution in [1.82, 2.24) is 0 Å². The van der Waals surface area contributed by atoms with E-state index in [1.54, 1.807) is 60.7 Å². The molecule has 0 aliphatic heterocycles. The highest BCUT2D eigenvalue weighted by Gasteiger charge is 1.97. The van der Waals surface area contributed by atoms with E-state index in [0.717, 1.165) is 0 Å². The third kappa shape index (κ3) is 6.07. The minimum Gasteiger partial charge on any atom is -0.478 e. The Morgan fingerprint density at radius 1 is 0.632 bits per heavy atom. The Hall–Kier alpha value is -2.56. The van der Waals surface area contributed by atoms with E-state index in [2.05, 4.69) is 0 Å². The number of hydrogen-bond acceptors (Lipinski definition) is 2. The molecule has 2 aromatic carbocycles. The van der Waals surface area contributed by atoms with Gasteiger partial charge in [0.1, 0.15) is 0 Å². The molecule has 3 radical (unpaired) electrons. The first kappa shape index (κ1) is 16.4. The minimum atomic E-state index is -0.879. The number of rotatable bonds is 2. The summed E-state index contributed by atoms with van der Waals surface area (Å²) in [6.45, 7) is 0. The Morgan fingerprint density at radius 2 is 0.895 bits per heavy atom. The summed E-state index contributed by atoms with van der Waals surface area (Å²) < 4.78 is 0. The molecule has 95 valence electrons. The zero-order valence-corrected chi connectivity index (χ0v) is 10.1. The van der Waals surface area contributed by atoms with Crippen LogP contribution in [0.5, 0.6) is 0 Å². The second-order valence-corrected chi connectivity index (χ2v) is 3.34. The zero-order valence-electron chi connectivity index (χ0n) is 10.1. The smallest absolute Gasteiger partial charge is 0.335 e. The van der Waals surface area contributed by atoms with Gasteiger partial charge in [0.15, 0.2) is 0 Å². The van der Waals surface area contributed by atoms with Gasteiger partial charge in [-0.1, -0.05) is 36.4 Å². The van der Waals surface area contributed by atoms with Crippen molar-refractivity contribution in [3.05, 3.63) is 71.8 Å². The van der Waals surface area contributed by atoms with Crippen LogP contribution < -0.4 is 0 Å². The molecule has 0 spiro atoms. The molecule has 0 aromatic heterocycles. The van der Waals surface area contributed by atoms with Crippen LogP contribution in [0.1, 0.15) is 20.7 Å². The van der Waals surface area contributed by atoms with Gasteiger partial charge in [0.2, 0.25) is 0 Å². The van der Waals surface area contributed by atoms with Crippen molar-refractivity contribution in [2.45, 2.75) is 0 Å². The molecular weight excluding hydrogens is 243 g/mol. The number of carboxylic acid groups (broad SMARTS) is 2. The van der Waals surface area contributed by atoms with E-state index in [-0.39, 0.29) is 8.41 Å². The molecule has 0 bridgehead atoms. The van der Waals surface area contributed by atoms with E-state index in [4.69, 9.17) is 10.2 Å². The SMILES string of the molecule is O=C(O)c1ccccc1.O=C(O)c1ccccc1.[B]. The number of carbonyl (C=O) groups is 2. The number of benzene rings is 2. The van der Waals surface area contributed by atoms with Crippen LogP contribution in [0.25, 0.3) is 0 Å². The normalized spacial score (nSPS) is 8.42. The first-order chi connectivity index (χ1) is 8.61. The Balaban J connectivity index is 0.000000324. The van der Waals surface area contributed by atoms with Crippen molar-refractivity contribution in [3.8, 4) is 0 Å². The fraction of sp³-hybridized carbons (Fsp3) is 0. The Morgan fingerprint density at radius 3 is 1.05 bits per heavy atom. The number of aromatic carboxylic acids is 2. The zero-order chi connectivity index (χ0) is 13.4. The van der Waals surface area contributed by atoms with Crippen molar-refractivity contribution in [1.29, 1.82) is 0 Å². The van der Waals surface area contributed by atoms with E-state index >= 15 is 0 Å². The summed E-state index contributed by atoms with van der Waals surface area (Å²) in [5.74, 6) is -1.76. The first-order valence-corrected chi connectivity index (χ1v) is 5.18. The van der Waals surface area contributed by atoms with Gasteiger partial charge < -0.3 is 10.2 Å². The second kappa shape index (κ2) is 8.52. The molecule has 0 unspecified atom stereocenters. The van der Waals surface area contributed by atoms with Crippen LogP contribution in [-0.2, 0) is 0 Å². The maximum atomic E-state index is 10.2. The standard InChI is InChI=1S/2C7H6O2.B/c2*8-7(9)6-4-2-1-3-5-6;/h2*1-5H,(H,8,9);. The molecule has 0 amide bonds. The summed E-state index contributed by atoms with van der Waals surface area (Å²) in [6.07, 6.45) is 0. The summed E-state index contributed by atoms with van der Waals surface area (Å²) >= 11 is 0. The summed E-state index contributed by atoms with van der Waals surface area (Å²) in [5, 5.41) is 16.8. The maximum absolute atomic E-state index is 10.2. The van der Waals surface area contributed by atoms with Gasteiger partial charge in [0.25, 0.3) is 0 Å². The van der Waals surface area contributed by atoms with Crippen LogP contribution in [0.4, 0.5) is 0 Å². The molecule has 2 N–H and O–H groups in total. The molecule has 0 aliphatic carbocycles. The number of hydrogen-bond donors (Lipinski definition) is 2. The molecule has 0 heterocycles. The molecule has 0 atom stereocenters. The molecule has 5 heteroatoms. The summed E-state index contributed by atoms with van der Waals surface area (Å²) in [6, 6.07) is 16.6. The van der Waals surface area contributed by atoms with Gasteiger partial charge in [-0.2, -0.15) is 0 Å². The molecule has 2 rings (SSSR count). The van der Waals surface area contributed by atoms with Crippen molar-refractivity contribution in [2.75, 3.05) is 0 Å². The van der Waals surface area contributed by atoms with Crippen LogP contribution in [0.2, 0.25) is 0 Å². The fourth-order valence-corrected chi connectivity index (χ4v) is 1.16. The summed E-state index contributed by atoms with van der Waals surface area (Å²) in [5.41, 5.74) is 0.662. The average molecular weight is 255 g/mol. The lowest BCUT2D eigenvalue weighted by molar-refractivity contribution is 0.0686. The maximum Gasteiger partial charge on any atom is 0.335 e. The highest BCUT2D eigenvalue weighted by Crippen LogP contribution is 1.96. The molecule has 2 aromatic rings. The predicted molar refractivity (Wildman–Crippen MR) is 72.6 cm³/mol.